The molecule has 1 heterocycles. The lowest BCUT2D eigenvalue weighted by molar-refractivity contribution is -0.139. The Labute approximate surface area is 172 Å². The molecule has 7 heteroatoms. The third-order valence-electron chi connectivity index (χ3n) is 5.13. The highest BCUT2D eigenvalue weighted by molar-refractivity contribution is 7.89. The van der Waals surface area contributed by atoms with Crippen LogP contribution in [-0.4, -0.2) is 41.5 Å². The average molecular weight is 415 g/mol. The topological polar surface area (TPSA) is 74.8 Å². The van der Waals surface area contributed by atoms with E-state index in [4.69, 9.17) is 0 Å². The summed E-state index contributed by atoms with van der Waals surface area (Å²) in [5.41, 5.74) is 1.87. The van der Waals surface area contributed by atoms with Crippen LogP contribution in [0.2, 0.25) is 0 Å². The summed E-state index contributed by atoms with van der Waals surface area (Å²) < 4.78 is 27.1. The minimum atomic E-state index is -4.09. The van der Waals surface area contributed by atoms with E-state index in [2.05, 4.69) is 0 Å². The first kappa shape index (κ1) is 21.0. The van der Waals surface area contributed by atoms with Crippen molar-refractivity contribution in [3.63, 3.8) is 0 Å². The van der Waals surface area contributed by atoms with Crippen LogP contribution < -0.4 is 0 Å². The lowest BCUT2D eigenvalue weighted by Gasteiger charge is -2.32. The minimum absolute atomic E-state index is 0.0234. The van der Waals surface area contributed by atoms with Crippen LogP contribution in [-0.2, 0) is 26.2 Å². The highest BCUT2D eigenvalue weighted by Gasteiger charge is 2.45. The van der Waals surface area contributed by atoms with Gasteiger partial charge in [0.05, 0.1) is 4.90 Å². The zero-order chi connectivity index (χ0) is 21.2. The molecule has 0 bridgehead atoms. The average Bonchev–Trinajstić information content (AvgIpc) is 3.09. The van der Waals surface area contributed by atoms with Gasteiger partial charge in [0.1, 0.15) is 6.04 Å². The molecule has 154 valence electrons. The quantitative estimate of drug-likeness (QED) is 0.728. The van der Waals surface area contributed by atoms with Gasteiger partial charge in [-0.05, 0) is 44.9 Å². The van der Waals surface area contributed by atoms with Crippen molar-refractivity contribution in [1.82, 2.24) is 9.21 Å². The third kappa shape index (κ3) is 4.34. The number of aryl methyl sites for hydroxylation is 1. The molecule has 1 atom stereocenters. The molecule has 0 saturated carbocycles. The van der Waals surface area contributed by atoms with Crippen molar-refractivity contribution in [2.75, 3.05) is 0 Å². The molecule has 6 nitrogen and oxygen atoms in total. The highest BCUT2D eigenvalue weighted by Crippen LogP contribution is 2.29. The van der Waals surface area contributed by atoms with Gasteiger partial charge >= 0.3 is 0 Å². The van der Waals surface area contributed by atoms with Gasteiger partial charge in [-0.25, -0.2) is 12.7 Å². The van der Waals surface area contributed by atoms with Gasteiger partial charge < -0.3 is 4.90 Å². The molecular weight excluding hydrogens is 388 g/mol. The smallest absolute Gasteiger partial charge is 0.267 e. The van der Waals surface area contributed by atoms with Crippen LogP contribution in [0.25, 0.3) is 0 Å². The van der Waals surface area contributed by atoms with E-state index < -0.39 is 22.0 Å². The van der Waals surface area contributed by atoms with Crippen molar-refractivity contribution in [2.24, 2.45) is 0 Å². The van der Waals surface area contributed by atoms with Crippen LogP contribution in [0.4, 0.5) is 0 Å². The van der Waals surface area contributed by atoms with E-state index in [-0.39, 0.29) is 29.7 Å². The first-order valence-electron chi connectivity index (χ1n) is 9.70. The van der Waals surface area contributed by atoms with Crippen LogP contribution >= 0.6 is 0 Å². The molecule has 1 fully saturated rings. The molecule has 2 aromatic rings. The zero-order valence-corrected chi connectivity index (χ0v) is 17.7. The van der Waals surface area contributed by atoms with Crippen LogP contribution in [0.1, 0.15) is 37.8 Å². The Morgan fingerprint density at radius 1 is 1.10 bits per heavy atom. The molecule has 0 N–H and O–H groups in total. The Hall–Kier alpha value is -2.67. The molecule has 1 aliphatic rings. The highest BCUT2D eigenvalue weighted by atomic mass is 32.2. The van der Waals surface area contributed by atoms with Gasteiger partial charge in [-0.15, -0.1) is 0 Å². The van der Waals surface area contributed by atoms with E-state index >= 15 is 0 Å². The fourth-order valence-corrected chi connectivity index (χ4v) is 5.09. The number of benzene rings is 2. The van der Waals surface area contributed by atoms with Crippen molar-refractivity contribution in [3.8, 4) is 0 Å². The second-order valence-electron chi connectivity index (χ2n) is 7.61. The van der Waals surface area contributed by atoms with Crippen molar-refractivity contribution in [1.29, 1.82) is 0 Å². The Balaban J connectivity index is 1.91. The molecule has 3 rings (SSSR count). The van der Waals surface area contributed by atoms with E-state index in [1.165, 1.54) is 12.1 Å². The molecule has 29 heavy (non-hydrogen) atoms. The molecule has 0 aromatic heterocycles. The molecule has 1 unspecified atom stereocenters. The maximum atomic E-state index is 13.3. The summed E-state index contributed by atoms with van der Waals surface area (Å²) in [5.74, 6) is -0.877. The second-order valence-corrected chi connectivity index (χ2v) is 9.42. The third-order valence-corrected chi connectivity index (χ3v) is 6.97. The number of hydrogen-bond donors (Lipinski definition) is 0. The summed E-state index contributed by atoms with van der Waals surface area (Å²) >= 11 is 0. The standard InChI is InChI=1S/C22H26N2O4S/c1-16(2)23(15-18-7-5-4-6-8-18)22(26)20-13-14-21(25)24(20)29(27,28)19-11-9-17(3)10-12-19/h4-12,16,20H,13-15H2,1-3H3. The number of carbonyl (C=O) groups is 2. The van der Waals surface area contributed by atoms with Gasteiger partial charge in [0, 0.05) is 19.0 Å². The number of nitrogens with zero attached hydrogens (tertiary/aromatic N) is 2. The Kier molecular flexibility index (Phi) is 6.07. The van der Waals surface area contributed by atoms with Crippen molar-refractivity contribution in [3.05, 3.63) is 65.7 Å². The first-order valence-corrected chi connectivity index (χ1v) is 11.1. The Bertz CT molecular complexity index is 985. The van der Waals surface area contributed by atoms with Gasteiger partial charge in [-0.3, -0.25) is 9.59 Å². The van der Waals surface area contributed by atoms with Crippen molar-refractivity contribution < 1.29 is 18.0 Å². The number of carbonyl (C=O) groups excluding carboxylic acids is 2. The summed E-state index contributed by atoms with van der Waals surface area (Å²) in [6.07, 6.45) is 0.236. The molecule has 2 aromatic carbocycles. The van der Waals surface area contributed by atoms with Gasteiger partial charge in [0.25, 0.3) is 10.0 Å². The molecule has 1 aliphatic heterocycles. The molecular formula is C22H26N2O4S. The number of sulfonamides is 1. The van der Waals surface area contributed by atoms with E-state index in [9.17, 15) is 18.0 Å². The predicted molar refractivity (Wildman–Crippen MR) is 110 cm³/mol. The predicted octanol–water partition coefficient (Wildman–Crippen LogP) is 3.11. The summed E-state index contributed by atoms with van der Waals surface area (Å²) in [6, 6.07) is 14.7. The molecule has 0 radical (unpaired) electrons. The van der Waals surface area contributed by atoms with E-state index in [1.54, 1.807) is 17.0 Å². The summed E-state index contributed by atoms with van der Waals surface area (Å²) in [4.78, 5) is 27.5. The van der Waals surface area contributed by atoms with Gasteiger partial charge in [-0.2, -0.15) is 0 Å². The number of hydrogen-bond acceptors (Lipinski definition) is 4. The van der Waals surface area contributed by atoms with Crippen LogP contribution in [0.5, 0.6) is 0 Å². The normalized spacial score (nSPS) is 17.0. The van der Waals surface area contributed by atoms with E-state index in [0.717, 1.165) is 15.4 Å². The fraction of sp³-hybridized carbons (Fsp3) is 0.364. The first-order chi connectivity index (χ1) is 13.7. The van der Waals surface area contributed by atoms with Crippen molar-refractivity contribution in [2.45, 2.75) is 57.1 Å². The van der Waals surface area contributed by atoms with Gasteiger partial charge in [0.2, 0.25) is 11.8 Å². The summed E-state index contributed by atoms with van der Waals surface area (Å²) in [7, 11) is -4.09. The Morgan fingerprint density at radius 2 is 1.72 bits per heavy atom. The SMILES string of the molecule is Cc1ccc(S(=O)(=O)N2C(=O)CCC2C(=O)N(Cc2ccccc2)C(C)C)cc1. The summed E-state index contributed by atoms with van der Waals surface area (Å²) in [6.45, 7) is 5.99. The number of rotatable bonds is 6. The maximum absolute atomic E-state index is 13.3. The zero-order valence-electron chi connectivity index (χ0n) is 16.9. The molecule has 0 aliphatic carbocycles. The van der Waals surface area contributed by atoms with Crippen LogP contribution in [0.3, 0.4) is 0 Å². The summed E-state index contributed by atoms with van der Waals surface area (Å²) in [5, 5.41) is 0. The van der Waals surface area contributed by atoms with Crippen molar-refractivity contribution >= 4 is 21.8 Å². The van der Waals surface area contributed by atoms with Crippen LogP contribution in [0, 0.1) is 6.92 Å². The maximum Gasteiger partial charge on any atom is 0.267 e. The fourth-order valence-electron chi connectivity index (χ4n) is 3.50. The minimum Gasteiger partial charge on any atom is -0.334 e. The Morgan fingerprint density at radius 3 is 2.31 bits per heavy atom. The molecule has 2 amide bonds. The lowest BCUT2D eigenvalue weighted by atomic mass is 10.1. The van der Waals surface area contributed by atoms with E-state index in [1.807, 2.05) is 51.1 Å². The molecule has 0 spiro atoms. The van der Waals surface area contributed by atoms with Crippen LogP contribution in [0.15, 0.2) is 59.5 Å². The monoisotopic (exact) mass is 414 g/mol. The van der Waals surface area contributed by atoms with Gasteiger partial charge in [-0.1, -0.05) is 48.0 Å². The lowest BCUT2D eigenvalue weighted by Crippen LogP contribution is -2.50. The second kappa shape index (κ2) is 8.37. The number of amides is 2. The van der Waals surface area contributed by atoms with E-state index in [0.29, 0.717) is 6.54 Å². The molecule has 1 saturated heterocycles. The van der Waals surface area contributed by atoms with Gasteiger partial charge in [0.15, 0.2) is 0 Å². The largest absolute Gasteiger partial charge is 0.334 e.